The standard InChI is InChI=1S/C15H17N5OS/c1-10-4-3-5-14(11(10)2)21-9-13-12(8-16)18-19-20(13)15-17-6-7-22-15/h3-7H,8-9,16H2,1-2H3. The average molecular weight is 315 g/mol. The minimum atomic E-state index is 0.316. The zero-order chi connectivity index (χ0) is 15.5. The molecule has 3 rings (SSSR count). The van der Waals surface area contributed by atoms with Gasteiger partial charge in [0.2, 0.25) is 5.13 Å². The molecule has 3 aromatic rings. The smallest absolute Gasteiger partial charge is 0.212 e. The third-order valence-electron chi connectivity index (χ3n) is 3.56. The summed E-state index contributed by atoms with van der Waals surface area (Å²) in [6, 6.07) is 6.01. The maximum atomic E-state index is 5.96. The molecule has 0 atom stereocenters. The van der Waals surface area contributed by atoms with Crippen molar-refractivity contribution in [3.8, 4) is 10.9 Å². The van der Waals surface area contributed by atoms with Gasteiger partial charge in [-0.3, -0.25) is 0 Å². The first-order valence-electron chi connectivity index (χ1n) is 6.93. The van der Waals surface area contributed by atoms with E-state index in [1.54, 1.807) is 10.9 Å². The van der Waals surface area contributed by atoms with Crippen LogP contribution in [0, 0.1) is 13.8 Å². The van der Waals surface area contributed by atoms with Crippen LogP contribution in [0.25, 0.3) is 5.13 Å². The second-order valence-electron chi connectivity index (χ2n) is 4.90. The summed E-state index contributed by atoms with van der Waals surface area (Å²) in [5, 5.41) is 10.9. The van der Waals surface area contributed by atoms with Crippen LogP contribution in [-0.4, -0.2) is 20.0 Å². The van der Waals surface area contributed by atoms with E-state index in [9.17, 15) is 0 Å². The van der Waals surface area contributed by atoms with E-state index in [1.165, 1.54) is 16.9 Å². The fourth-order valence-corrected chi connectivity index (χ4v) is 2.75. The number of nitrogens with two attached hydrogens (primary N) is 1. The van der Waals surface area contributed by atoms with E-state index >= 15 is 0 Å². The number of ether oxygens (including phenoxy) is 1. The van der Waals surface area contributed by atoms with E-state index in [-0.39, 0.29) is 0 Å². The highest BCUT2D eigenvalue weighted by molar-refractivity contribution is 7.12. The Labute approximate surface area is 132 Å². The summed E-state index contributed by atoms with van der Waals surface area (Å²) in [5.41, 5.74) is 9.63. The van der Waals surface area contributed by atoms with Gasteiger partial charge in [-0.05, 0) is 31.0 Å². The van der Waals surface area contributed by atoms with Crippen molar-refractivity contribution >= 4 is 11.3 Å². The van der Waals surface area contributed by atoms with Gasteiger partial charge in [0, 0.05) is 18.1 Å². The Morgan fingerprint density at radius 2 is 2.18 bits per heavy atom. The monoisotopic (exact) mass is 315 g/mol. The molecule has 0 saturated carbocycles. The molecule has 114 valence electrons. The fourth-order valence-electron chi connectivity index (χ4n) is 2.14. The van der Waals surface area contributed by atoms with Crippen LogP contribution in [0.1, 0.15) is 22.5 Å². The van der Waals surface area contributed by atoms with Crippen molar-refractivity contribution in [2.75, 3.05) is 0 Å². The van der Waals surface area contributed by atoms with Crippen molar-refractivity contribution in [2.24, 2.45) is 5.73 Å². The Kier molecular flexibility index (Phi) is 4.17. The number of hydrogen-bond donors (Lipinski definition) is 1. The molecule has 0 fully saturated rings. The second kappa shape index (κ2) is 6.25. The number of thiazole rings is 1. The normalized spacial score (nSPS) is 10.9. The molecule has 0 radical (unpaired) electrons. The van der Waals surface area contributed by atoms with Gasteiger partial charge in [-0.1, -0.05) is 17.3 Å². The zero-order valence-corrected chi connectivity index (χ0v) is 13.3. The third-order valence-corrected chi connectivity index (χ3v) is 4.30. The highest BCUT2D eigenvalue weighted by atomic mass is 32.1. The van der Waals surface area contributed by atoms with Gasteiger partial charge in [-0.15, -0.1) is 16.4 Å². The van der Waals surface area contributed by atoms with Crippen LogP contribution in [0.5, 0.6) is 5.75 Å². The van der Waals surface area contributed by atoms with Crippen molar-refractivity contribution in [3.05, 3.63) is 52.3 Å². The van der Waals surface area contributed by atoms with Crippen molar-refractivity contribution in [1.82, 2.24) is 20.0 Å². The van der Waals surface area contributed by atoms with Crippen molar-refractivity contribution in [2.45, 2.75) is 27.0 Å². The largest absolute Gasteiger partial charge is 0.487 e. The summed E-state index contributed by atoms with van der Waals surface area (Å²) in [4.78, 5) is 4.26. The van der Waals surface area contributed by atoms with Gasteiger partial charge >= 0.3 is 0 Å². The number of benzene rings is 1. The lowest BCUT2D eigenvalue weighted by Gasteiger charge is -2.11. The number of nitrogens with zero attached hydrogens (tertiary/aromatic N) is 4. The van der Waals surface area contributed by atoms with Gasteiger partial charge in [0.05, 0.1) is 0 Å². The van der Waals surface area contributed by atoms with Crippen LogP contribution in [0.4, 0.5) is 0 Å². The van der Waals surface area contributed by atoms with Gasteiger partial charge in [-0.2, -0.15) is 4.68 Å². The Morgan fingerprint density at radius 3 is 2.91 bits per heavy atom. The zero-order valence-electron chi connectivity index (χ0n) is 12.5. The molecule has 2 aromatic heterocycles. The maximum absolute atomic E-state index is 5.96. The molecule has 2 heterocycles. The predicted molar refractivity (Wildman–Crippen MR) is 85.2 cm³/mol. The third kappa shape index (κ3) is 2.72. The van der Waals surface area contributed by atoms with E-state index < -0.39 is 0 Å². The molecule has 1 aromatic carbocycles. The molecule has 0 spiro atoms. The SMILES string of the molecule is Cc1cccc(OCc2c(CN)nnn2-c2nccs2)c1C. The number of aryl methyl sites for hydroxylation is 1. The van der Waals surface area contributed by atoms with E-state index in [2.05, 4.69) is 28.3 Å². The minimum absolute atomic E-state index is 0.316. The van der Waals surface area contributed by atoms with Gasteiger partial charge in [0.15, 0.2) is 0 Å². The van der Waals surface area contributed by atoms with E-state index in [0.29, 0.717) is 13.2 Å². The Balaban J connectivity index is 1.89. The summed E-state index contributed by atoms with van der Waals surface area (Å²) in [7, 11) is 0. The molecular formula is C15H17N5OS. The quantitative estimate of drug-likeness (QED) is 0.782. The molecule has 0 saturated heterocycles. The first-order chi connectivity index (χ1) is 10.7. The van der Waals surface area contributed by atoms with E-state index in [0.717, 1.165) is 27.8 Å². The molecule has 6 nitrogen and oxygen atoms in total. The summed E-state index contributed by atoms with van der Waals surface area (Å²) in [5.74, 6) is 0.856. The van der Waals surface area contributed by atoms with Crippen LogP contribution in [0.3, 0.4) is 0 Å². The molecular weight excluding hydrogens is 298 g/mol. The summed E-state index contributed by atoms with van der Waals surface area (Å²) in [6.07, 6.45) is 1.74. The molecule has 0 aliphatic carbocycles. The van der Waals surface area contributed by atoms with E-state index in [1.807, 2.05) is 24.4 Å². The van der Waals surface area contributed by atoms with Crippen LogP contribution < -0.4 is 10.5 Å². The fraction of sp³-hybridized carbons (Fsp3) is 0.267. The molecule has 0 aliphatic rings. The topological polar surface area (TPSA) is 78.9 Å². The summed E-state index contributed by atoms with van der Waals surface area (Å²) >= 11 is 1.49. The first-order valence-corrected chi connectivity index (χ1v) is 7.81. The number of hydrogen-bond acceptors (Lipinski definition) is 6. The predicted octanol–water partition coefficient (Wildman–Crippen LogP) is 2.38. The van der Waals surface area contributed by atoms with Crippen LogP contribution in [0.15, 0.2) is 29.8 Å². The second-order valence-corrected chi connectivity index (χ2v) is 5.77. The average Bonchev–Trinajstić information content (AvgIpc) is 3.17. The molecule has 0 amide bonds. The number of rotatable bonds is 5. The lowest BCUT2D eigenvalue weighted by atomic mass is 10.1. The van der Waals surface area contributed by atoms with Crippen LogP contribution in [0.2, 0.25) is 0 Å². The summed E-state index contributed by atoms with van der Waals surface area (Å²) in [6.45, 7) is 4.78. The molecule has 7 heteroatoms. The molecule has 22 heavy (non-hydrogen) atoms. The summed E-state index contributed by atoms with van der Waals surface area (Å²) < 4.78 is 7.66. The highest BCUT2D eigenvalue weighted by Gasteiger charge is 2.16. The Morgan fingerprint density at radius 1 is 1.32 bits per heavy atom. The highest BCUT2D eigenvalue weighted by Crippen LogP contribution is 2.23. The molecule has 0 bridgehead atoms. The lowest BCUT2D eigenvalue weighted by molar-refractivity contribution is 0.294. The Bertz CT molecular complexity index is 766. The van der Waals surface area contributed by atoms with Gasteiger partial charge < -0.3 is 10.5 Å². The number of aromatic nitrogens is 4. The van der Waals surface area contributed by atoms with Gasteiger partial charge in [0.25, 0.3) is 0 Å². The van der Waals surface area contributed by atoms with Crippen LogP contribution in [-0.2, 0) is 13.2 Å². The van der Waals surface area contributed by atoms with Gasteiger partial charge in [0.1, 0.15) is 23.7 Å². The maximum Gasteiger partial charge on any atom is 0.212 e. The van der Waals surface area contributed by atoms with E-state index in [4.69, 9.17) is 10.5 Å². The van der Waals surface area contributed by atoms with Crippen molar-refractivity contribution in [1.29, 1.82) is 0 Å². The molecule has 2 N–H and O–H groups in total. The van der Waals surface area contributed by atoms with Crippen LogP contribution >= 0.6 is 11.3 Å². The molecule has 0 unspecified atom stereocenters. The van der Waals surface area contributed by atoms with Crippen molar-refractivity contribution in [3.63, 3.8) is 0 Å². The molecule has 0 aliphatic heterocycles. The lowest BCUT2D eigenvalue weighted by Crippen LogP contribution is -2.10. The van der Waals surface area contributed by atoms with Crippen molar-refractivity contribution < 1.29 is 4.74 Å². The Hall–Kier alpha value is -2.25. The minimum Gasteiger partial charge on any atom is -0.487 e. The first kappa shape index (κ1) is 14.7. The van der Waals surface area contributed by atoms with Gasteiger partial charge in [-0.25, -0.2) is 4.98 Å².